The highest BCUT2D eigenvalue weighted by Crippen LogP contribution is 2.42. The summed E-state index contributed by atoms with van der Waals surface area (Å²) in [6.45, 7) is 2.76. The Morgan fingerprint density at radius 3 is 2.03 bits per heavy atom. The van der Waals surface area contributed by atoms with E-state index in [9.17, 15) is 20.2 Å². The van der Waals surface area contributed by atoms with Crippen LogP contribution in [0.1, 0.15) is 6.92 Å². The second-order valence-electron chi connectivity index (χ2n) is 6.73. The largest absolute Gasteiger partial charge is 0.385 e. The van der Waals surface area contributed by atoms with Gasteiger partial charge >= 0.3 is 5.69 Å². The van der Waals surface area contributed by atoms with Crippen LogP contribution >= 0.6 is 0 Å². The van der Waals surface area contributed by atoms with Crippen molar-refractivity contribution in [3.05, 3.63) is 87.0 Å². The molecule has 0 spiro atoms. The van der Waals surface area contributed by atoms with E-state index in [1.54, 1.807) is 24.3 Å². The summed E-state index contributed by atoms with van der Waals surface area (Å²) in [5.41, 5.74) is 0.647. The zero-order valence-corrected chi connectivity index (χ0v) is 16.5. The lowest BCUT2D eigenvalue weighted by molar-refractivity contribution is -0.392. The quantitative estimate of drug-likeness (QED) is 0.214. The smallest absolute Gasteiger partial charge is 0.304 e. The molecule has 0 aliphatic heterocycles. The molecule has 0 heterocycles. The molecule has 154 valence electrons. The molecule has 0 aliphatic rings. The average molecular weight is 415 g/mol. The standard InChI is InChI=1S/C22H17N5O4/c1-2-23-18-11-12-19(15-8-4-3-7-14(15)18)24-25-22-17-10-6-5-9-16(17)20(26(28)29)13-21(22)27(30)31/h3-13,23H,2H2,1H3. The van der Waals surface area contributed by atoms with E-state index < -0.39 is 15.5 Å². The highest BCUT2D eigenvalue weighted by molar-refractivity contribution is 6.03. The van der Waals surface area contributed by atoms with Gasteiger partial charge in [0, 0.05) is 28.4 Å². The summed E-state index contributed by atoms with van der Waals surface area (Å²) in [6.07, 6.45) is 0. The minimum atomic E-state index is -0.680. The van der Waals surface area contributed by atoms with Gasteiger partial charge < -0.3 is 5.32 Å². The summed E-state index contributed by atoms with van der Waals surface area (Å²) >= 11 is 0. The molecular formula is C22H17N5O4. The van der Waals surface area contributed by atoms with Crippen molar-refractivity contribution in [3.63, 3.8) is 0 Å². The van der Waals surface area contributed by atoms with Gasteiger partial charge in [0.05, 0.1) is 27.0 Å². The van der Waals surface area contributed by atoms with E-state index in [4.69, 9.17) is 0 Å². The van der Waals surface area contributed by atoms with Crippen LogP contribution in [0, 0.1) is 20.2 Å². The van der Waals surface area contributed by atoms with Gasteiger partial charge in [0.1, 0.15) is 0 Å². The first-order chi connectivity index (χ1) is 15.0. The Morgan fingerprint density at radius 2 is 1.39 bits per heavy atom. The molecule has 4 aromatic rings. The molecule has 0 bridgehead atoms. The number of nitro benzene ring substituents is 2. The third-order valence-electron chi connectivity index (χ3n) is 4.89. The number of benzene rings is 4. The lowest BCUT2D eigenvalue weighted by atomic mass is 10.1. The van der Waals surface area contributed by atoms with E-state index in [1.807, 2.05) is 37.3 Å². The molecule has 0 fully saturated rings. The van der Waals surface area contributed by atoms with Crippen molar-refractivity contribution in [1.29, 1.82) is 0 Å². The summed E-state index contributed by atoms with van der Waals surface area (Å²) < 4.78 is 0. The van der Waals surface area contributed by atoms with E-state index in [0.717, 1.165) is 29.1 Å². The molecule has 0 radical (unpaired) electrons. The molecule has 0 unspecified atom stereocenters. The Morgan fingerprint density at radius 1 is 0.774 bits per heavy atom. The van der Waals surface area contributed by atoms with Gasteiger partial charge in [-0.05, 0) is 25.1 Å². The summed E-state index contributed by atoms with van der Waals surface area (Å²) in [7, 11) is 0. The maximum atomic E-state index is 11.7. The van der Waals surface area contributed by atoms with Crippen LogP contribution in [0.15, 0.2) is 77.0 Å². The molecule has 4 rings (SSSR count). The molecule has 9 nitrogen and oxygen atoms in total. The number of hydrogen-bond donors (Lipinski definition) is 1. The molecule has 0 aliphatic carbocycles. The molecule has 4 aromatic carbocycles. The van der Waals surface area contributed by atoms with Crippen molar-refractivity contribution >= 4 is 50.0 Å². The molecule has 9 heteroatoms. The van der Waals surface area contributed by atoms with Gasteiger partial charge in [0.15, 0.2) is 5.69 Å². The van der Waals surface area contributed by atoms with Gasteiger partial charge in [-0.25, -0.2) is 0 Å². The van der Waals surface area contributed by atoms with Gasteiger partial charge in [-0.3, -0.25) is 20.2 Å². The van der Waals surface area contributed by atoms with Crippen molar-refractivity contribution in [3.8, 4) is 0 Å². The van der Waals surface area contributed by atoms with Crippen molar-refractivity contribution in [2.75, 3.05) is 11.9 Å². The minimum Gasteiger partial charge on any atom is -0.385 e. The van der Waals surface area contributed by atoms with Crippen LogP contribution in [0.3, 0.4) is 0 Å². The third kappa shape index (κ3) is 3.64. The number of nitrogens with zero attached hydrogens (tertiary/aromatic N) is 4. The molecule has 0 amide bonds. The molecule has 0 atom stereocenters. The second kappa shape index (κ2) is 8.15. The van der Waals surface area contributed by atoms with Crippen LogP contribution in [0.2, 0.25) is 0 Å². The summed E-state index contributed by atoms with van der Waals surface area (Å²) in [5, 5.41) is 37.2. The molecule has 31 heavy (non-hydrogen) atoms. The van der Waals surface area contributed by atoms with Crippen molar-refractivity contribution < 1.29 is 9.85 Å². The first-order valence-electron chi connectivity index (χ1n) is 9.53. The predicted octanol–water partition coefficient (Wildman–Crippen LogP) is 6.66. The van der Waals surface area contributed by atoms with Crippen LogP contribution in [0.5, 0.6) is 0 Å². The van der Waals surface area contributed by atoms with Gasteiger partial charge in [0.25, 0.3) is 5.69 Å². The maximum Gasteiger partial charge on any atom is 0.304 e. The van der Waals surface area contributed by atoms with Crippen molar-refractivity contribution in [1.82, 2.24) is 0 Å². The minimum absolute atomic E-state index is 0.0222. The third-order valence-corrected chi connectivity index (χ3v) is 4.89. The fourth-order valence-electron chi connectivity index (χ4n) is 3.54. The Hall–Kier alpha value is -4.40. The van der Waals surface area contributed by atoms with E-state index in [0.29, 0.717) is 11.1 Å². The maximum absolute atomic E-state index is 11.7. The number of azo groups is 1. The van der Waals surface area contributed by atoms with Crippen LogP contribution in [0.25, 0.3) is 21.5 Å². The predicted molar refractivity (Wildman–Crippen MR) is 120 cm³/mol. The molecule has 0 aromatic heterocycles. The average Bonchev–Trinajstić information content (AvgIpc) is 2.78. The van der Waals surface area contributed by atoms with Gasteiger partial charge in [0.2, 0.25) is 0 Å². The van der Waals surface area contributed by atoms with E-state index in [2.05, 4.69) is 15.5 Å². The Balaban J connectivity index is 1.93. The topological polar surface area (TPSA) is 123 Å². The van der Waals surface area contributed by atoms with Crippen LogP contribution < -0.4 is 5.32 Å². The highest BCUT2D eigenvalue weighted by atomic mass is 16.6. The number of non-ortho nitro benzene ring substituents is 1. The number of nitrogens with one attached hydrogen (secondary N) is 1. The summed E-state index contributed by atoms with van der Waals surface area (Å²) in [5.74, 6) is 0. The van der Waals surface area contributed by atoms with Gasteiger partial charge in [-0.2, -0.15) is 0 Å². The lowest BCUT2D eigenvalue weighted by Crippen LogP contribution is -1.96. The van der Waals surface area contributed by atoms with Crippen LogP contribution in [-0.2, 0) is 0 Å². The second-order valence-corrected chi connectivity index (χ2v) is 6.73. The summed E-state index contributed by atoms with van der Waals surface area (Å²) in [6, 6.07) is 18.6. The molecule has 0 saturated carbocycles. The van der Waals surface area contributed by atoms with E-state index >= 15 is 0 Å². The first kappa shape index (κ1) is 19.9. The monoisotopic (exact) mass is 415 g/mol. The Labute approximate surface area is 176 Å². The molecular weight excluding hydrogens is 398 g/mol. The normalized spacial score (nSPS) is 11.3. The number of fused-ring (bicyclic) bond motifs is 2. The van der Waals surface area contributed by atoms with Gasteiger partial charge in [-0.15, -0.1) is 10.2 Å². The highest BCUT2D eigenvalue weighted by Gasteiger charge is 2.25. The van der Waals surface area contributed by atoms with Crippen LogP contribution in [0.4, 0.5) is 28.4 Å². The van der Waals surface area contributed by atoms with Gasteiger partial charge in [-0.1, -0.05) is 42.5 Å². The SMILES string of the molecule is CCNc1ccc(N=Nc2c([N+](=O)[O-])cc([N+](=O)[O-])c3ccccc23)c2ccccc12. The van der Waals surface area contributed by atoms with E-state index in [1.165, 1.54) is 6.07 Å². The van der Waals surface area contributed by atoms with Crippen LogP contribution in [-0.4, -0.2) is 16.4 Å². The lowest BCUT2D eigenvalue weighted by Gasteiger charge is -2.09. The van der Waals surface area contributed by atoms with Crippen molar-refractivity contribution in [2.24, 2.45) is 10.2 Å². The first-order valence-corrected chi connectivity index (χ1v) is 9.53. The Bertz CT molecular complexity index is 1370. The summed E-state index contributed by atoms with van der Waals surface area (Å²) in [4.78, 5) is 21.8. The zero-order chi connectivity index (χ0) is 22.0. The number of nitro groups is 2. The zero-order valence-electron chi connectivity index (χ0n) is 16.5. The fourth-order valence-corrected chi connectivity index (χ4v) is 3.54. The van der Waals surface area contributed by atoms with Crippen molar-refractivity contribution in [2.45, 2.75) is 6.92 Å². The molecule has 0 saturated heterocycles. The molecule has 1 N–H and O–H groups in total. The number of hydrogen-bond acceptors (Lipinski definition) is 7. The number of rotatable bonds is 6. The Kier molecular flexibility index (Phi) is 5.23. The fraction of sp³-hybridized carbons (Fsp3) is 0.0909. The number of anilines is 1. The van der Waals surface area contributed by atoms with E-state index in [-0.39, 0.29) is 16.8 Å².